The van der Waals surface area contributed by atoms with Gasteiger partial charge >= 0.3 is 0 Å². The molecule has 1 atom stereocenters. The molecule has 5 nitrogen and oxygen atoms in total. The molecule has 0 unspecified atom stereocenters. The van der Waals surface area contributed by atoms with Gasteiger partial charge in [0.25, 0.3) is 5.91 Å². The van der Waals surface area contributed by atoms with Crippen molar-refractivity contribution in [2.75, 3.05) is 19.4 Å². The molecule has 0 radical (unpaired) electrons. The van der Waals surface area contributed by atoms with Crippen LogP contribution in [-0.2, 0) is 4.79 Å². The predicted octanol–water partition coefficient (Wildman–Crippen LogP) is 3.29. The molecule has 23 heavy (non-hydrogen) atoms. The van der Waals surface area contributed by atoms with E-state index in [1.54, 1.807) is 21.0 Å². The average Bonchev–Trinajstić information content (AvgIpc) is 2.88. The highest BCUT2D eigenvalue weighted by molar-refractivity contribution is 7.17. The molecule has 2 aromatic rings. The summed E-state index contributed by atoms with van der Waals surface area (Å²) in [4.78, 5) is 31.0. The lowest BCUT2D eigenvalue weighted by Crippen LogP contribution is -2.21. The summed E-state index contributed by atoms with van der Waals surface area (Å²) >= 11 is 1.21. The standard InChI is InChI=1S/C17H21N3O2S/c1-5-13(12-9-7-6-8-10-12)15(21)19-17-18-11(2)14(23-17)16(22)20(3)4/h6-10,13H,5H2,1-4H3,(H,18,19,21)/t13-/m0/s1. The number of aromatic nitrogens is 1. The molecule has 1 N–H and O–H groups in total. The maximum atomic E-state index is 12.5. The van der Waals surface area contributed by atoms with Crippen LogP contribution in [0.4, 0.5) is 5.13 Å². The normalized spacial score (nSPS) is 11.8. The third kappa shape index (κ3) is 3.96. The van der Waals surface area contributed by atoms with E-state index in [1.165, 1.54) is 16.2 Å². The first-order valence-electron chi connectivity index (χ1n) is 7.49. The van der Waals surface area contributed by atoms with Crippen molar-refractivity contribution in [2.24, 2.45) is 0 Å². The highest BCUT2D eigenvalue weighted by Crippen LogP contribution is 2.26. The topological polar surface area (TPSA) is 62.3 Å². The minimum atomic E-state index is -0.228. The molecule has 1 aromatic carbocycles. The molecule has 0 aliphatic rings. The zero-order valence-corrected chi connectivity index (χ0v) is 14.6. The van der Waals surface area contributed by atoms with Gasteiger partial charge in [0, 0.05) is 14.1 Å². The first-order valence-corrected chi connectivity index (χ1v) is 8.30. The van der Waals surface area contributed by atoms with Crippen molar-refractivity contribution in [3.8, 4) is 0 Å². The Kier molecular flexibility index (Phi) is 5.50. The van der Waals surface area contributed by atoms with Crippen molar-refractivity contribution >= 4 is 28.3 Å². The number of hydrogen-bond donors (Lipinski definition) is 1. The van der Waals surface area contributed by atoms with E-state index >= 15 is 0 Å². The van der Waals surface area contributed by atoms with Gasteiger partial charge in [0.15, 0.2) is 5.13 Å². The second kappa shape index (κ2) is 7.37. The quantitative estimate of drug-likeness (QED) is 0.914. The Morgan fingerprint density at radius 2 is 1.91 bits per heavy atom. The van der Waals surface area contributed by atoms with E-state index in [-0.39, 0.29) is 17.7 Å². The molecule has 0 fully saturated rings. The number of hydrogen-bond acceptors (Lipinski definition) is 4. The van der Waals surface area contributed by atoms with Crippen molar-refractivity contribution in [3.63, 3.8) is 0 Å². The van der Waals surface area contributed by atoms with E-state index < -0.39 is 0 Å². The van der Waals surface area contributed by atoms with Crippen LogP contribution >= 0.6 is 11.3 Å². The number of benzene rings is 1. The number of anilines is 1. The Morgan fingerprint density at radius 1 is 1.26 bits per heavy atom. The Morgan fingerprint density at radius 3 is 2.48 bits per heavy atom. The largest absolute Gasteiger partial charge is 0.344 e. The van der Waals surface area contributed by atoms with Crippen LogP contribution in [0, 0.1) is 6.92 Å². The summed E-state index contributed by atoms with van der Waals surface area (Å²) in [5.74, 6) is -0.430. The molecule has 0 spiro atoms. The van der Waals surface area contributed by atoms with Gasteiger partial charge in [-0.05, 0) is 18.9 Å². The molecule has 0 aliphatic carbocycles. The molecule has 0 saturated heterocycles. The van der Waals surface area contributed by atoms with Crippen molar-refractivity contribution in [1.82, 2.24) is 9.88 Å². The number of thiazole rings is 1. The number of nitrogens with one attached hydrogen (secondary N) is 1. The van der Waals surface area contributed by atoms with E-state index in [4.69, 9.17) is 0 Å². The van der Waals surface area contributed by atoms with Crippen LogP contribution in [0.1, 0.15) is 40.2 Å². The van der Waals surface area contributed by atoms with E-state index in [0.29, 0.717) is 22.1 Å². The molecule has 6 heteroatoms. The number of aryl methyl sites for hydroxylation is 1. The fraction of sp³-hybridized carbons (Fsp3) is 0.353. The summed E-state index contributed by atoms with van der Waals surface area (Å²) in [7, 11) is 3.39. The van der Waals surface area contributed by atoms with Gasteiger partial charge in [-0.1, -0.05) is 48.6 Å². The van der Waals surface area contributed by atoms with Crippen LogP contribution in [0.5, 0.6) is 0 Å². The summed E-state index contributed by atoms with van der Waals surface area (Å²) in [6.07, 6.45) is 0.698. The smallest absolute Gasteiger partial charge is 0.265 e. The highest BCUT2D eigenvalue weighted by Gasteiger charge is 2.22. The van der Waals surface area contributed by atoms with Gasteiger partial charge in [-0.2, -0.15) is 0 Å². The second-order valence-electron chi connectivity index (χ2n) is 5.49. The zero-order chi connectivity index (χ0) is 17.0. The molecule has 1 aromatic heterocycles. The van der Waals surface area contributed by atoms with Crippen LogP contribution in [0.25, 0.3) is 0 Å². The number of rotatable bonds is 5. The lowest BCUT2D eigenvalue weighted by atomic mass is 9.96. The number of carbonyl (C=O) groups excluding carboxylic acids is 2. The van der Waals surface area contributed by atoms with Crippen molar-refractivity contribution in [1.29, 1.82) is 0 Å². The Labute approximate surface area is 140 Å². The Hall–Kier alpha value is -2.21. The molecule has 0 bridgehead atoms. The van der Waals surface area contributed by atoms with Gasteiger partial charge in [0.2, 0.25) is 5.91 Å². The first-order chi connectivity index (χ1) is 10.9. The maximum absolute atomic E-state index is 12.5. The van der Waals surface area contributed by atoms with Crippen molar-refractivity contribution < 1.29 is 9.59 Å². The monoisotopic (exact) mass is 331 g/mol. The molecule has 0 saturated carbocycles. The van der Waals surface area contributed by atoms with E-state index in [2.05, 4.69) is 10.3 Å². The summed E-state index contributed by atoms with van der Waals surface area (Å²) in [6.45, 7) is 3.75. The zero-order valence-electron chi connectivity index (χ0n) is 13.8. The lowest BCUT2D eigenvalue weighted by Gasteiger charge is -2.14. The van der Waals surface area contributed by atoms with Crippen LogP contribution < -0.4 is 5.32 Å². The van der Waals surface area contributed by atoms with Crippen LogP contribution in [0.15, 0.2) is 30.3 Å². The Balaban J connectivity index is 2.17. The van der Waals surface area contributed by atoms with E-state index in [9.17, 15) is 9.59 Å². The molecule has 1 heterocycles. The summed E-state index contributed by atoms with van der Waals surface area (Å²) < 4.78 is 0. The second-order valence-corrected chi connectivity index (χ2v) is 6.49. The highest BCUT2D eigenvalue weighted by atomic mass is 32.1. The summed E-state index contributed by atoms with van der Waals surface area (Å²) in [5.41, 5.74) is 1.61. The van der Waals surface area contributed by atoms with Gasteiger partial charge in [-0.25, -0.2) is 4.98 Å². The molecule has 2 amide bonds. The summed E-state index contributed by atoms with van der Waals surface area (Å²) in [6, 6.07) is 9.67. The van der Waals surface area contributed by atoms with Crippen LogP contribution in [0.2, 0.25) is 0 Å². The molecular weight excluding hydrogens is 310 g/mol. The fourth-order valence-corrected chi connectivity index (χ4v) is 3.29. The van der Waals surface area contributed by atoms with Gasteiger partial charge in [0.05, 0.1) is 11.6 Å². The SMILES string of the molecule is CC[C@H](C(=O)Nc1nc(C)c(C(=O)N(C)C)s1)c1ccccc1. The van der Waals surface area contributed by atoms with Gasteiger partial charge in [-0.3, -0.25) is 9.59 Å². The van der Waals surface area contributed by atoms with Gasteiger partial charge in [0.1, 0.15) is 4.88 Å². The minimum absolute atomic E-state index is 0.101. The molecular formula is C17H21N3O2S. The van der Waals surface area contributed by atoms with Crippen molar-refractivity contribution in [3.05, 3.63) is 46.5 Å². The maximum Gasteiger partial charge on any atom is 0.265 e. The van der Waals surface area contributed by atoms with Crippen molar-refractivity contribution in [2.45, 2.75) is 26.2 Å². The average molecular weight is 331 g/mol. The van der Waals surface area contributed by atoms with Crippen LogP contribution in [-0.4, -0.2) is 35.8 Å². The molecule has 122 valence electrons. The predicted molar refractivity (Wildman–Crippen MR) is 93.0 cm³/mol. The fourth-order valence-electron chi connectivity index (χ4n) is 2.30. The Bertz CT molecular complexity index is 695. The number of amides is 2. The van der Waals surface area contributed by atoms with E-state index in [1.807, 2.05) is 37.3 Å². The first kappa shape index (κ1) is 17.1. The van der Waals surface area contributed by atoms with Crippen LogP contribution in [0.3, 0.4) is 0 Å². The molecule has 0 aliphatic heterocycles. The number of nitrogens with zero attached hydrogens (tertiary/aromatic N) is 2. The van der Waals surface area contributed by atoms with Gasteiger partial charge in [-0.15, -0.1) is 0 Å². The summed E-state index contributed by atoms with van der Waals surface area (Å²) in [5, 5.41) is 3.31. The van der Waals surface area contributed by atoms with Gasteiger partial charge < -0.3 is 10.2 Å². The number of carbonyl (C=O) groups is 2. The third-order valence-corrected chi connectivity index (χ3v) is 4.61. The molecule has 2 rings (SSSR count). The lowest BCUT2D eigenvalue weighted by molar-refractivity contribution is -0.117. The van der Waals surface area contributed by atoms with E-state index in [0.717, 1.165) is 5.56 Å². The minimum Gasteiger partial charge on any atom is -0.344 e. The third-order valence-electron chi connectivity index (χ3n) is 3.55.